The molecule has 1 N–H and O–H groups in total. The highest BCUT2D eigenvalue weighted by atomic mass is 16.4. The predicted octanol–water partition coefficient (Wildman–Crippen LogP) is 1.71. The third-order valence-corrected chi connectivity index (χ3v) is 3.69. The third-order valence-electron chi connectivity index (χ3n) is 3.69. The maximum absolute atomic E-state index is 12.2. The molecule has 0 aliphatic rings. The Morgan fingerprint density at radius 3 is 2.41 bits per heavy atom. The summed E-state index contributed by atoms with van der Waals surface area (Å²) in [5, 5.41) is 9.99. The Labute approximate surface area is 129 Å². The van der Waals surface area contributed by atoms with Crippen LogP contribution in [-0.4, -0.2) is 54.1 Å². The molecule has 0 bridgehead atoms. The molecule has 2 aromatic rings. The number of aromatic carboxylic acids is 1. The molecule has 0 unspecified atom stereocenters. The molecular weight excluding hydrogens is 282 g/mol. The van der Waals surface area contributed by atoms with Gasteiger partial charge in [-0.15, -0.1) is 0 Å². The average molecular weight is 303 g/mol. The molecule has 2 rings (SSSR count). The highest BCUT2D eigenvalue weighted by molar-refractivity contribution is 6.06. The van der Waals surface area contributed by atoms with Crippen molar-refractivity contribution in [3.05, 3.63) is 29.5 Å². The zero-order valence-electron chi connectivity index (χ0n) is 13.5. The molecule has 1 aromatic heterocycles. The summed E-state index contributed by atoms with van der Waals surface area (Å²) < 4.78 is 1.81. The number of hydrogen-bond donors (Lipinski definition) is 1. The summed E-state index contributed by atoms with van der Waals surface area (Å²) in [6.07, 6.45) is 1.60. The Morgan fingerprint density at radius 1 is 1.23 bits per heavy atom. The van der Waals surface area contributed by atoms with Gasteiger partial charge in [0, 0.05) is 31.4 Å². The largest absolute Gasteiger partial charge is 0.478 e. The van der Waals surface area contributed by atoms with Gasteiger partial charge in [0.15, 0.2) is 0 Å². The van der Waals surface area contributed by atoms with Crippen molar-refractivity contribution in [2.75, 3.05) is 32.6 Å². The van der Waals surface area contributed by atoms with Crippen LogP contribution in [0.2, 0.25) is 0 Å². The van der Waals surface area contributed by atoms with Crippen molar-refractivity contribution in [2.24, 2.45) is 7.05 Å². The topological polar surface area (TPSA) is 65.8 Å². The number of fused-ring (bicyclic) bond motifs is 1. The molecule has 0 radical (unpaired) electrons. The number of carbonyl (C=O) groups excluding carboxylic acids is 1. The van der Waals surface area contributed by atoms with Crippen molar-refractivity contribution in [3.8, 4) is 0 Å². The fourth-order valence-electron chi connectivity index (χ4n) is 2.65. The van der Waals surface area contributed by atoms with Gasteiger partial charge in [0.1, 0.15) is 0 Å². The minimum atomic E-state index is -0.968. The summed E-state index contributed by atoms with van der Waals surface area (Å²) in [5.74, 6) is -1.01. The lowest BCUT2D eigenvalue weighted by molar-refractivity contribution is -0.118. The van der Waals surface area contributed by atoms with Gasteiger partial charge in [-0.3, -0.25) is 4.79 Å². The standard InChI is InChI=1S/C16H21N3O3/c1-10-6-11(19(5)14(20)9-17(2)3)7-12-13(16(21)22)8-18(4)15(10)12/h6-8H,9H2,1-5H3,(H,21,22). The number of amides is 1. The van der Waals surface area contributed by atoms with Gasteiger partial charge in [-0.05, 0) is 38.7 Å². The van der Waals surface area contributed by atoms with Crippen molar-refractivity contribution in [2.45, 2.75) is 6.92 Å². The second-order valence-electron chi connectivity index (χ2n) is 5.81. The Kier molecular flexibility index (Phi) is 4.23. The molecule has 1 heterocycles. The Bertz CT molecular complexity index is 747. The lowest BCUT2D eigenvalue weighted by Gasteiger charge is -2.20. The van der Waals surface area contributed by atoms with Crippen LogP contribution in [0.4, 0.5) is 5.69 Å². The number of carboxylic acid groups (broad SMARTS) is 1. The smallest absolute Gasteiger partial charge is 0.337 e. The van der Waals surface area contributed by atoms with Crippen LogP contribution < -0.4 is 4.90 Å². The number of aromatic nitrogens is 1. The Hall–Kier alpha value is -2.34. The zero-order chi connectivity index (χ0) is 16.6. The number of aryl methyl sites for hydroxylation is 2. The second kappa shape index (κ2) is 5.81. The third kappa shape index (κ3) is 2.82. The predicted molar refractivity (Wildman–Crippen MR) is 86.6 cm³/mol. The molecule has 0 spiro atoms. The molecule has 22 heavy (non-hydrogen) atoms. The fraction of sp³-hybridized carbons (Fsp3) is 0.375. The van der Waals surface area contributed by atoms with Crippen LogP contribution in [0.5, 0.6) is 0 Å². The summed E-state index contributed by atoms with van der Waals surface area (Å²) in [6, 6.07) is 3.67. The van der Waals surface area contributed by atoms with Crippen LogP contribution in [0.3, 0.4) is 0 Å². The molecule has 0 aliphatic carbocycles. The zero-order valence-corrected chi connectivity index (χ0v) is 13.5. The van der Waals surface area contributed by atoms with Gasteiger partial charge in [0.2, 0.25) is 5.91 Å². The van der Waals surface area contributed by atoms with E-state index in [0.29, 0.717) is 17.6 Å². The first-order chi connectivity index (χ1) is 10.2. The van der Waals surface area contributed by atoms with Crippen molar-refractivity contribution < 1.29 is 14.7 Å². The van der Waals surface area contributed by atoms with E-state index in [0.717, 1.165) is 11.1 Å². The Morgan fingerprint density at radius 2 is 1.86 bits per heavy atom. The summed E-state index contributed by atoms with van der Waals surface area (Å²) in [7, 11) is 7.19. The second-order valence-corrected chi connectivity index (χ2v) is 5.81. The molecular formula is C16H21N3O3. The van der Waals surface area contributed by atoms with Gasteiger partial charge in [-0.2, -0.15) is 0 Å². The van der Waals surface area contributed by atoms with E-state index in [1.54, 1.807) is 33.7 Å². The molecule has 0 atom stereocenters. The minimum Gasteiger partial charge on any atom is -0.478 e. The normalized spacial score (nSPS) is 11.2. The number of benzene rings is 1. The van der Waals surface area contributed by atoms with Crippen molar-refractivity contribution in [1.82, 2.24) is 9.47 Å². The quantitative estimate of drug-likeness (QED) is 0.934. The summed E-state index contributed by atoms with van der Waals surface area (Å²) in [6.45, 7) is 2.22. The number of likely N-dealkylation sites (N-methyl/N-ethyl adjacent to an activating group) is 2. The number of carboxylic acids is 1. The van der Waals surface area contributed by atoms with Crippen LogP contribution in [0, 0.1) is 6.92 Å². The molecule has 118 valence electrons. The summed E-state index contributed by atoms with van der Waals surface area (Å²) in [4.78, 5) is 26.9. The number of rotatable bonds is 4. The van der Waals surface area contributed by atoms with Crippen molar-refractivity contribution in [1.29, 1.82) is 0 Å². The molecule has 6 nitrogen and oxygen atoms in total. The number of carbonyl (C=O) groups is 2. The molecule has 0 aliphatic heterocycles. The first-order valence-electron chi connectivity index (χ1n) is 6.96. The van der Waals surface area contributed by atoms with E-state index in [9.17, 15) is 14.7 Å². The monoisotopic (exact) mass is 303 g/mol. The maximum atomic E-state index is 12.2. The van der Waals surface area contributed by atoms with Crippen LogP contribution in [0.15, 0.2) is 18.3 Å². The molecule has 0 saturated carbocycles. The average Bonchev–Trinajstić information content (AvgIpc) is 2.75. The van der Waals surface area contributed by atoms with Gasteiger partial charge in [-0.1, -0.05) is 0 Å². The van der Waals surface area contributed by atoms with Crippen LogP contribution in [0.25, 0.3) is 10.9 Å². The summed E-state index contributed by atoms with van der Waals surface area (Å²) in [5.41, 5.74) is 2.75. The van der Waals surface area contributed by atoms with Gasteiger partial charge >= 0.3 is 5.97 Å². The number of anilines is 1. The summed E-state index contributed by atoms with van der Waals surface area (Å²) >= 11 is 0. The lowest BCUT2D eigenvalue weighted by Crippen LogP contribution is -2.35. The van der Waals surface area contributed by atoms with E-state index < -0.39 is 5.97 Å². The van der Waals surface area contributed by atoms with Gasteiger partial charge in [0.05, 0.1) is 17.6 Å². The minimum absolute atomic E-state index is 0.0449. The van der Waals surface area contributed by atoms with Gasteiger partial charge < -0.3 is 19.5 Å². The van der Waals surface area contributed by atoms with Crippen LogP contribution in [-0.2, 0) is 11.8 Å². The highest BCUT2D eigenvalue weighted by Crippen LogP contribution is 2.29. The molecule has 1 aromatic carbocycles. The van der Waals surface area contributed by atoms with Crippen LogP contribution >= 0.6 is 0 Å². The number of nitrogens with zero attached hydrogens (tertiary/aromatic N) is 3. The lowest BCUT2D eigenvalue weighted by atomic mass is 10.1. The SMILES string of the molecule is Cc1cc(N(C)C(=O)CN(C)C)cc2c(C(=O)O)cn(C)c12. The van der Waals surface area contributed by atoms with Gasteiger partial charge in [0.25, 0.3) is 0 Å². The first-order valence-corrected chi connectivity index (χ1v) is 6.96. The molecule has 0 saturated heterocycles. The number of hydrogen-bond acceptors (Lipinski definition) is 3. The molecule has 0 fully saturated rings. The van der Waals surface area contributed by atoms with E-state index in [1.165, 1.54) is 0 Å². The maximum Gasteiger partial charge on any atom is 0.337 e. The van der Waals surface area contributed by atoms with Gasteiger partial charge in [-0.25, -0.2) is 4.79 Å². The van der Waals surface area contributed by atoms with Crippen molar-refractivity contribution in [3.63, 3.8) is 0 Å². The highest BCUT2D eigenvalue weighted by Gasteiger charge is 2.18. The Balaban J connectivity index is 2.55. The fourth-order valence-corrected chi connectivity index (χ4v) is 2.65. The van der Waals surface area contributed by atoms with E-state index in [-0.39, 0.29) is 11.5 Å². The van der Waals surface area contributed by atoms with Crippen molar-refractivity contribution >= 4 is 28.5 Å². The first kappa shape index (κ1) is 16.0. The van der Waals surface area contributed by atoms with E-state index in [1.807, 2.05) is 34.1 Å². The van der Waals surface area contributed by atoms with E-state index in [4.69, 9.17) is 0 Å². The molecule has 1 amide bonds. The van der Waals surface area contributed by atoms with Crippen LogP contribution in [0.1, 0.15) is 15.9 Å². The molecule has 6 heteroatoms. The van der Waals surface area contributed by atoms with E-state index >= 15 is 0 Å². The van der Waals surface area contributed by atoms with E-state index in [2.05, 4.69) is 0 Å².